The molecule has 2 amide bonds. The summed E-state index contributed by atoms with van der Waals surface area (Å²) in [5.74, 6) is 0.254. The van der Waals surface area contributed by atoms with E-state index in [0.717, 1.165) is 5.56 Å². The number of primary amides is 1. The van der Waals surface area contributed by atoms with Gasteiger partial charge in [-0.1, -0.05) is 12.1 Å². The second-order valence-electron chi connectivity index (χ2n) is 4.49. The zero-order chi connectivity index (χ0) is 15.9. The van der Waals surface area contributed by atoms with E-state index in [-0.39, 0.29) is 6.61 Å². The Morgan fingerprint density at radius 1 is 1.14 bits per heavy atom. The Morgan fingerprint density at radius 2 is 1.86 bits per heavy atom. The maximum atomic E-state index is 11.9. The van der Waals surface area contributed by atoms with Gasteiger partial charge in [-0.25, -0.2) is 9.59 Å². The van der Waals surface area contributed by atoms with E-state index >= 15 is 0 Å². The number of carbonyl (C=O) groups excluding carboxylic acids is 2. The first-order valence-corrected chi connectivity index (χ1v) is 6.55. The van der Waals surface area contributed by atoms with Gasteiger partial charge in [-0.15, -0.1) is 0 Å². The van der Waals surface area contributed by atoms with Crippen LogP contribution < -0.4 is 15.8 Å². The van der Waals surface area contributed by atoms with Crippen LogP contribution in [0.1, 0.15) is 15.9 Å². The summed E-state index contributed by atoms with van der Waals surface area (Å²) in [4.78, 5) is 22.6. The highest BCUT2D eigenvalue weighted by molar-refractivity contribution is 5.91. The van der Waals surface area contributed by atoms with Gasteiger partial charge in [0.2, 0.25) is 0 Å². The van der Waals surface area contributed by atoms with Gasteiger partial charge in [0.15, 0.2) is 0 Å². The maximum absolute atomic E-state index is 11.9. The lowest BCUT2D eigenvalue weighted by atomic mass is 10.2. The molecule has 2 aromatic rings. The molecular formula is C16H16N2O4. The minimum absolute atomic E-state index is 0.150. The van der Waals surface area contributed by atoms with E-state index in [1.807, 2.05) is 18.2 Å². The Kier molecular flexibility index (Phi) is 4.98. The largest absolute Gasteiger partial charge is 0.497 e. The van der Waals surface area contributed by atoms with E-state index in [2.05, 4.69) is 5.32 Å². The predicted octanol–water partition coefficient (Wildman–Crippen LogP) is 2.54. The van der Waals surface area contributed by atoms with Crippen molar-refractivity contribution < 1.29 is 19.1 Å². The zero-order valence-electron chi connectivity index (χ0n) is 12.0. The number of benzene rings is 2. The van der Waals surface area contributed by atoms with E-state index in [1.165, 1.54) is 0 Å². The molecule has 3 N–H and O–H groups in total. The number of rotatable bonds is 5. The summed E-state index contributed by atoms with van der Waals surface area (Å²) in [6.45, 7) is 0.150. The van der Waals surface area contributed by atoms with Crippen LogP contribution in [0.15, 0.2) is 48.5 Å². The van der Waals surface area contributed by atoms with Gasteiger partial charge in [0.1, 0.15) is 12.4 Å². The number of ether oxygens (including phenoxy) is 2. The number of hydrogen-bond donors (Lipinski definition) is 2. The topological polar surface area (TPSA) is 90.7 Å². The first-order chi connectivity index (χ1) is 10.6. The molecule has 0 aliphatic carbocycles. The summed E-state index contributed by atoms with van der Waals surface area (Å²) in [7, 11) is 1.58. The number of nitrogens with two attached hydrogens (primary N) is 1. The average molecular weight is 300 g/mol. The van der Waals surface area contributed by atoms with Gasteiger partial charge >= 0.3 is 12.0 Å². The Hall–Kier alpha value is -3.02. The smallest absolute Gasteiger partial charge is 0.338 e. The molecule has 22 heavy (non-hydrogen) atoms. The fourth-order valence-electron chi connectivity index (χ4n) is 1.83. The molecule has 0 fully saturated rings. The lowest BCUT2D eigenvalue weighted by molar-refractivity contribution is 0.0472. The Bertz CT molecular complexity index is 668. The van der Waals surface area contributed by atoms with Crippen LogP contribution in [-0.2, 0) is 11.3 Å². The van der Waals surface area contributed by atoms with Crippen LogP contribution in [0.4, 0.5) is 10.5 Å². The molecule has 0 aliphatic rings. The standard InChI is InChI=1S/C16H16N2O4/c1-21-14-4-2-3-11(9-14)10-22-15(19)12-5-7-13(8-6-12)18-16(17)20/h2-9H,10H2,1H3,(H3,17,18,20). The average Bonchev–Trinajstić information content (AvgIpc) is 2.53. The Morgan fingerprint density at radius 3 is 2.50 bits per heavy atom. The number of carbonyl (C=O) groups is 2. The van der Waals surface area contributed by atoms with Crippen LogP contribution in [0.3, 0.4) is 0 Å². The Labute approximate surface area is 127 Å². The molecule has 0 aliphatic heterocycles. The van der Waals surface area contributed by atoms with E-state index in [0.29, 0.717) is 17.0 Å². The summed E-state index contributed by atoms with van der Waals surface area (Å²) >= 11 is 0. The molecule has 0 spiro atoms. The summed E-state index contributed by atoms with van der Waals surface area (Å²) in [5, 5.41) is 2.41. The van der Waals surface area contributed by atoms with Crippen LogP contribution in [0.2, 0.25) is 0 Å². The van der Waals surface area contributed by atoms with Crippen molar-refractivity contribution in [3.8, 4) is 5.75 Å². The predicted molar refractivity (Wildman–Crippen MR) is 81.8 cm³/mol. The Balaban J connectivity index is 1.95. The van der Waals surface area contributed by atoms with Crippen LogP contribution in [0.5, 0.6) is 5.75 Å². The number of methoxy groups -OCH3 is 1. The van der Waals surface area contributed by atoms with Crippen molar-refractivity contribution >= 4 is 17.7 Å². The molecule has 114 valence electrons. The quantitative estimate of drug-likeness (QED) is 0.830. The monoisotopic (exact) mass is 300 g/mol. The van der Waals surface area contributed by atoms with Gasteiger partial charge in [0, 0.05) is 5.69 Å². The third-order valence-corrected chi connectivity index (χ3v) is 2.89. The minimum atomic E-state index is -0.659. The first-order valence-electron chi connectivity index (χ1n) is 6.55. The highest BCUT2D eigenvalue weighted by Crippen LogP contribution is 2.15. The van der Waals surface area contributed by atoms with Gasteiger partial charge in [0.05, 0.1) is 12.7 Å². The third kappa shape index (κ3) is 4.24. The molecule has 0 saturated carbocycles. The molecule has 0 atom stereocenters. The lowest BCUT2D eigenvalue weighted by Crippen LogP contribution is -2.19. The van der Waals surface area contributed by atoms with Crippen LogP contribution in [-0.4, -0.2) is 19.1 Å². The number of nitrogens with one attached hydrogen (secondary N) is 1. The maximum Gasteiger partial charge on any atom is 0.338 e. The van der Waals surface area contributed by atoms with Crippen LogP contribution >= 0.6 is 0 Å². The molecule has 0 radical (unpaired) electrons. The van der Waals surface area contributed by atoms with Crippen molar-refractivity contribution in [3.05, 3.63) is 59.7 Å². The lowest BCUT2D eigenvalue weighted by Gasteiger charge is -2.07. The molecule has 0 heterocycles. The van der Waals surface area contributed by atoms with Gasteiger partial charge in [0.25, 0.3) is 0 Å². The highest BCUT2D eigenvalue weighted by atomic mass is 16.5. The fourth-order valence-corrected chi connectivity index (χ4v) is 1.83. The summed E-state index contributed by atoms with van der Waals surface area (Å²) in [5.41, 5.74) is 6.74. The third-order valence-electron chi connectivity index (χ3n) is 2.89. The minimum Gasteiger partial charge on any atom is -0.497 e. The molecule has 6 heteroatoms. The highest BCUT2D eigenvalue weighted by Gasteiger charge is 2.08. The zero-order valence-corrected chi connectivity index (χ0v) is 12.0. The number of hydrogen-bond acceptors (Lipinski definition) is 4. The number of amides is 2. The van der Waals surface area contributed by atoms with Gasteiger partial charge in [-0.2, -0.15) is 0 Å². The van der Waals surface area contributed by atoms with E-state index in [9.17, 15) is 9.59 Å². The molecule has 0 unspecified atom stereocenters. The number of urea groups is 1. The molecular weight excluding hydrogens is 284 g/mol. The van der Waals surface area contributed by atoms with Gasteiger partial charge in [-0.3, -0.25) is 0 Å². The van der Waals surface area contributed by atoms with Crippen molar-refractivity contribution in [2.24, 2.45) is 5.73 Å². The molecule has 2 rings (SSSR count). The van der Waals surface area contributed by atoms with Crippen LogP contribution in [0, 0.1) is 0 Å². The normalized spacial score (nSPS) is 9.86. The van der Waals surface area contributed by atoms with Gasteiger partial charge < -0.3 is 20.5 Å². The molecule has 0 aromatic heterocycles. The summed E-state index contributed by atoms with van der Waals surface area (Å²) < 4.78 is 10.3. The fraction of sp³-hybridized carbons (Fsp3) is 0.125. The molecule has 2 aromatic carbocycles. The molecule has 6 nitrogen and oxygen atoms in total. The first kappa shape index (κ1) is 15.4. The van der Waals surface area contributed by atoms with E-state index in [1.54, 1.807) is 37.4 Å². The van der Waals surface area contributed by atoms with Crippen molar-refractivity contribution in [2.45, 2.75) is 6.61 Å². The number of esters is 1. The van der Waals surface area contributed by atoms with Crippen molar-refractivity contribution in [1.82, 2.24) is 0 Å². The number of anilines is 1. The second kappa shape index (κ2) is 7.12. The summed E-state index contributed by atoms with van der Waals surface area (Å²) in [6, 6.07) is 12.9. The molecule has 0 bridgehead atoms. The summed E-state index contributed by atoms with van der Waals surface area (Å²) in [6.07, 6.45) is 0. The van der Waals surface area contributed by atoms with E-state index in [4.69, 9.17) is 15.2 Å². The second-order valence-corrected chi connectivity index (χ2v) is 4.49. The van der Waals surface area contributed by atoms with Crippen LogP contribution in [0.25, 0.3) is 0 Å². The van der Waals surface area contributed by atoms with Crippen molar-refractivity contribution in [3.63, 3.8) is 0 Å². The molecule has 0 saturated heterocycles. The van der Waals surface area contributed by atoms with Crippen molar-refractivity contribution in [1.29, 1.82) is 0 Å². The van der Waals surface area contributed by atoms with E-state index < -0.39 is 12.0 Å². The van der Waals surface area contributed by atoms with Crippen molar-refractivity contribution in [2.75, 3.05) is 12.4 Å². The van der Waals surface area contributed by atoms with Gasteiger partial charge in [-0.05, 0) is 42.0 Å². The SMILES string of the molecule is COc1cccc(COC(=O)c2ccc(NC(N)=O)cc2)c1.